The predicted molar refractivity (Wildman–Crippen MR) is 69.8 cm³/mol. The van der Waals surface area contributed by atoms with Crippen molar-refractivity contribution in [2.24, 2.45) is 0 Å². The van der Waals surface area contributed by atoms with Crippen LogP contribution < -0.4 is 10.1 Å². The van der Waals surface area contributed by atoms with Gasteiger partial charge in [0.1, 0.15) is 5.75 Å². The summed E-state index contributed by atoms with van der Waals surface area (Å²) in [6, 6.07) is 6.76. The Hall–Kier alpha value is -2.10. The lowest BCUT2D eigenvalue weighted by Crippen LogP contribution is -2.28. The van der Waals surface area contributed by atoms with E-state index >= 15 is 0 Å². The van der Waals surface area contributed by atoms with Crippen molar-refractivity contribution in [3.8, 4) is 5.75 Å². The molecule has 0 aliphatic heterocycles. The van der Waals surface area contributed by atoms with E-state index in [1.54, 1.807) is 30.3 Å². The summed E-state index contributed by atoms with van der Waals surface area (Å²) >= 11 is 0. The Morgan fingerprint density at radius 3 is 2.56 bits per heavy atom. The van der Waals surface area contributed by atoms with Gasteiger partial charge in [0.25, 0.3) is 5.91 Å². The van der Waals surface area contributed by atoms with Gasteiger partial charge in [-0.3, -0.25) is 9.59 Å². The molecule has 4 nitrogen and oxygen atoms in total. The van der Waals surface area contributed by atoms with Gasteiger partial charge in [0, 0.05) is 18.5 Å². The maximum atomic E-state index is 11.4. The van der Waals surface area contributed by atoms with Crippen molar-refractivity contribution in [3.05, 3.63) is 42.5 Å². The summed E-state index contributed by atoms with van der Waals surface area (Å²) in [5, 5.41) is 2.61. The standard InChI is InChI=1S/C14H17NO3/c1-3-9-15-14(17)10-18-12-7-5-11(6-8-12)13(16)4-2/h3,5-8H,1,4,9-10H2,2H3,(H,15,17). The minimum absolute atomic E-state index is 0.0467. The molecule has 4 heteroatoms. The van der Waals surface area contributed by atoms with Crippen molar-refractivity contribution < 1.29 is 14.3 Å². The summed E-state index contributed by atoms with van der Waals surface area (Å²) in [6.07, 6.45) is 2.08. The van der Waals surface area contributed by atoms with Crippen molar-refractivity contribution in [2.45, 2.75) is 13.3 Å². The molecular formula is C14H17NO3. The van der Waals surface area contributed by atoms with Crippen molar-refractivity contribution in [1.29, 1.82) is 0 Å². The first-order valence-electron chi connectivity index (χ1n) is 5.81. The highest BCUT2D eigenvalue weighted by molar-refractivity contribution is 5.95. The number of carbonyl (C=O) groups excluding carboxylic acids is 2. The Kier molecular flexibility index (Phi) is 5.64. The van der Waals surface area contributed by atoms with E-state index < -0.39 is 0 Å². The normalized spacial score (nSPS) is 9.61. The van der Waals surface area contributed by atoms with E-state index in [9.17, 15) is 9.59 Å². The Bertz CT molecular complexity index is 423. The van der Waals surface area contributed by atoms with Crippen LogP contribution in [0.2, 0.25) is 0 Å². The lowest BCUT2D eigenvalue weighted by atomic mass is 10.1. The molecule has 0 bridgehead atoms. The summed E-state index contributed by atoms with van der Waals surface area (Å²) in [4.78, 5) is 22.7. The third kappa shape index (κ3) is 4.41. The second-order valence-electron chi connectivity index (χ2n) is 3.68. The zero-order chi connectivity index (χ0) is 13.4. The van der Waals surface area contributed by atoms with Crippen LogP contribution in [0.3, 0.4) is 0 Å². The molecule has 0 aliphatic rings. The Balaban J connectivity index is 2.46. The van der Waals surface area contributed by atoms with Gasteiger partial charge in [0.15, 0.2) is 12.4 Å². The van der Waals surface area contributed by atoms with Gasteiger partial charge in [-0.15, -0.1) is 6.58 Å². The van der Waals surface area contributed by atoms with E-state index in [2.05, 4.69) is 11.9 Å². The minimum Gasteiger partial charge on any atom is -0.484 e. The van der Waals surface area contributed by atoms with Gasteiger partial charge in [0.05, 0.1) is 0 Å². The second-order valence-corrected chi connectivity index (χ2v) is 3.68. The molecule has 96 valence electrons. The number of ether oxygens (including phenoxy) is 1. The fourth-order valence-electron chi connectivity index (χ4n) is 1.33. The van der Waals surface area contributed by atoms with Gasteiger partial charge in [-0.25, -0.2) is 0 Å². The Morgan fingerprint density at radius 2 is 2.00 bits per heavy atom. The number of benzene rings is 1. The van der Waals surface area contributed by atoms with Crippen LogP contribution in [-0.4, -0.2) is 24.8 Å². The fraction of sp³-hybridized carbons (Fsp3) is 0.286. The van der Waals surface area contributed by atoms with Crippen molar-refractivity contribution >= 4 is 11.7 Å². The Labute approximate surface area is 107 Å². The number of ketones is 1. The topological polar surface area (TPSA) is 55.4 Å². The van der Waals surface area contributed by atoms with Crippen LogP contribution in [0.1, 0.15) is 23.7 Å². The minimum atomic E-state index is -0.205. The van der Waals surface area contributed by atoms with E-state index in [0.29, 0.717) is 24.3 Å². The third-order valence-electron chi connectivity index (χ3n) is 2.31. The first-order valence-corrected chi connectivity index (χ1v) is 5.81. The van der Waals surface area contributed by atoms with Crippen LogP contribution in [-0.2, 0) is 4.79 Å². The number of hydrogen-bond acceptors (Lipinski definition) is 3. The van der Waals surface area contributed by atoms with Gasteiger partial charge >= 0.3 is 0 Å². The quantitative estimate of drug-likeness (QED) is 0.592. The summed E-state index contributed by atoms with van der Waals surface area (Å²) < 4.78 is 5.28. The molecule has 1 aromatic carbocycles. The summed E-state index contributed by atoms with van der Waals surface area (Å²) in [5.74, 6) is 0.449. The van der Waals surface area contributed by atoms with Gasteiger partial charge in [-0.2, -0.15) is 0 Å². The summed E-state index contributed by atoms with van der Waals surface area (Å²) in [6.45, 7) is 5.69. The molecule has 0 aromatic heterocycles. The molecule has 1 aromatic rings. The molecule has 1 amide bonds. The first kappa shape index (κ1) is 14.0. The maximum Gasteiger partial charge on any atom is 0.258 e. The van der Waals surface area contributed by atoms with Crippen molar-refractivity contribution in [2.75, 3.05) is 13.2 Å². The van der Waals surface area contributed by atoms with E-state index in [4.69, 9.17) is 4.74 Å². The number of amides is 1. The van der Waals surface area contributed by atoms with Crippen LogP contribution in [0.4, 0.5) is 0 Å². The highest BCUT2D eigenvalue weighted by Gasteiger charge is 2.04. The molecule has 0 aliphatic carbocycles. The van der Waals surface area contributed by atoms with E-state index in [1.165, 1.54) is 0 Å². The van der Waals surface area contributed by atoms with Gasteiger partial charge in [-0.05, 0) is 24.3 Å². The largest absolute Gasteiger partial charge is 0.484 e. The zero-order valence-corrected chi connectivity index (χ0v) is 10.4. The average Bonchev–Trinajstić information content (AvgIpc) is 2.42. The molecule has 0 saturated carbocycles. The van der Waals surface area contributed by atoms with E-state index in [0.717, 1.165) is 0 Å². The average molecular weight is 247 g/mol. The molecule has 0 unspecified atom stereocenters. The second kappa shape index (κ2) is 7.27. The molecule has 1 rings (SSSR count). The molecule has 0 atom stereocenters. The zero-order valence-electron chi connectivity index (χ0n) is 10.4. The van der Waals surface area contributed by atoms with Crippen molar-refractivity contribution in [3.63, 3.8) is 0 Å². The number of carbonyl (C=O) groups is 2. The molecule has 1 N–H and O–H groups in total. The van der Waals surface area contributed by atoms with Crippen LogP contribution in [0.25, 0.3) is 0 Å². The monoisotopic (exact) mass is 247 g/mol. The highest BCUT2D eigenvalue weighted by atomic mass is 16.5. The predicted octanol–water partition coefficient (Wildman–Crippen LogP) is 1.96. The lowest BCUT2D eigenvalue weighted by Gasteiger charge is -2.06. The third-order valence-corrected chi connectivity index (χ3v) is 2.31. The van der Waals surface area contributed by atoms with Crippen molar-refractivity contribution in [1.82, 2.24) is 5.32 Å². The van der Waals surface area contributed by atoms with Gasteiger partial charge in [0.2, 0.25) is 0 Å². The van der Waals surface area contributed by atoms with Crippen LogP contribution in [0.15, 0.2) is 36.9 Å². The number of hydrogen-bond donors (Lipinski definition) is 1. The summed E-state index contributed by atoms with van der Waals surface area (Å²) in [7, 11) is 0. The molecule has 18 heavy (non-hydrogen) atoms. The van der Waals surface area contributed by atoms with Crippen LogP contribution in [0.5, 0.6) is 5.75 Å². The molecule has 0 saturated heterocycles. The van der Waals surface area contributed by atoms with E-state index in [1.807, 2.05) is 6.92 Å². The first-order chi connectivity index (χ1) is 8.67. The number of rotatable bonds is 7. The van der Waals surface area contributed by atoms with Crippen LogP contribution in [0, 0.1) is 0 Å². The molecule has 0 heterocycles. The van der Waals surface area contributed by atoms with Gasteiger partial charge < -0.3 is 10.1 Å². The smallest absolute Gasteiger partial charge is 0.258 e. The molecule has 0 radical (unpaired) electrons. The summed E-state index contributed by atoms with van der Waals surface area (Å²) in [5.41, 5.74) is 0.654. The highest BCUT2D eigenvalue weighted by Crippen LogP contribution is 2.13. The molecule has 0 fully saturated rings. The number of nitrogens with one attached hydrogen (secondary N) is 1. The van der Waals surface area contributed by atoms with Gasteiger partial charge in [-0.1, -0.05) is 13.0 Å². The molecular weight excluding hydrogens is 230 g/mol. The SMILES string of the molecule is C=CCNC(=O)COc1ccc(C(=O)CC)cc1. The molecule has 0 spiro atoms. The Morgan fingerprint density at radius 1 is 1.33 bits per heavy atom. The number of Topliss-reactive ketones (excluding diaryl/α,β-unsaturated/α-hetero) is 1. The lowest BCUT2D eigenvalue weighted by molar-refractivity contribution is -0.122. The maximum absolute atomic E-state index is 11.4. The fourth-order valence-corrected chi connectivity index (χ4v) is 1.33. The van der Waals surface area contributed by atoms with E-state index in [-0.39, 0.29) is 18.3 Å². The van der Waals surface area contributed by atoms with Crippen LogP contribution >= 0.6 is 0 Å².